The summed E-state index contributed by atoms with van der Waals surface area (Å²) >= 11 is 6.13. The van der Waals surface area contributed by atoms with Crippen molar-refractivity contribution in [2.45, 2.75) is 6.54 Å². The fourth-order valence-corrected chi connectivity index (χ4v) is 1.97. The molecule has 16 heavy (non-hydrogen) atoms. The Morgan fingerprint density at radius 3 is 2.94 bits per heavy atom. The lowest BCUT2D eigenvalue weighted by Gasteiger charge is -2.05. The van der Waals surface area contributed by atoms with Crippen molar-refractivity contribution in [1.82, 2.24) is 19.9 Å². The Hall–Kier alpha value is -1.39. The Balaban J connectivity index is 2.49. The minimum Gasteiger partial charge on any atom is -0.329 e. The Labute approximate surface area is 99.3 Å². The number of hydrogen-bond acceptors (Lipinski definition) is 3. The van der Waals surface area contributed by atoms with E-state index in [1.165, 1.54) is 0 Å². The van der Waals surface area contributed by atoms with Crippen LogP contribution in [-0.2, 0) is 13.6 Å². The van der Waals surface area contributed by atoms with E-state index in [-0.39, 0.29) is 0 Å². The summed E-state index contributed by atoms with van der Waals surface area (Å²) in [6, 6.07) is 3.86. The van der Waals surface area contributed by atoms with Crippen molar-refractivity contribution in [3.63, 3.8) is 0 Å². The van der Waals surface area contributed by atoms with Crippen LogP contribution >= 0.6 is 11.6 Å². The van der Waals surface area contributed by atoms with Crippen molar-refractivity contribution >= 4 is 11.6 Å². The number of rotatable bonds is 3. The maximum Gasteiger partial charge on any atom is 0.155 e. The van der Waals surface area contributed by atoms with E-state index in [2.05, 4.69) is 15.3 Å². The third-order valence-electron chi connectivity index (χ3n) is 2.42. The topological polar surface area (TPSA) is 42.7 Å². The molecule has 2 aromatic heterocycles. The largest absolute Gasteiger partial charge is 0.329 e. The lowest BCUT2D eigenvalue weighted by atomic mass is 10.2. The van der Waals surface area contributed by atoms with E-state index >= 15 is 0 Å². The molecular formula is C11H13ClN4. The lowest BCUT2D eigenvalue weighted by molar-refractivity contribution is 0.712. The molecule has 0 aliphatic rings. The average Bonchev–Trinajstić information content (AvgIpc) is 2.56. The first-order valence-electron chi connectivity index (χ1n) is 5.00. The lowest BCUT2D eigenvalue weighted by Crippen LogP contribution is -2.10. The van der Waals surface area contributed by atoms with E-state index in [1.54, 1.807) is 12.4 Å². The molecule has 0 radical (unpaired) electrons. The first-order valence-corrected chi connectivity index (χ1v) is 5.38. The summed E-state index contributed by atoms with van der Waals surface area (Å²) in [7, 11) is 3.83. The Kier molecular flexibility index (Phi) is 3.22. The molecule has 84 valence electrons. The van der Waals surface area contributed by atoms with Crippen LogP contribution < -0.4 is 5.32 Å². The molecule has 0 spiro atoms. The molecule has 2 aromatic rings. The smallest absolute Gasteiger partial charge is 0.155 e. The first-order chi connectivity index (χ1) is 7.74. The molecule has 0 aliphatic heterocycles. The van der Waals surface area contributed by atoms with Crippen LogP contribution in [0.1, 0.15) is 5.82 Å². The average molecular weight is 237 g/mol. The predicted molar refractivity (Wildman–Crippen MR) is 64.2 cm³/mol. The minimum atomic E-state index is 0.515. The molecule has 0 saturated heterocycles. The number of nitrogens with zero attached hydrogens (tertiary/aromatic N) is 3. The monoisotopic (exact) mass is 236 g/mol. The quantitative estimate of drug-likeness (QED) is 0.885. The Morgan fingerprint density at radius 1 is 1.50 bits per heavy atom. The van der Waals surface area contributed by atoms with Gasteiger partial charge in [0.05, 0.1) is 12.2 Å². The standard InChI is InChI=1S/C11H13ClN4/c1-13-7-9-15-11(12)10(16(9)2)8-4-3-5-14-6-8/h3-6,13H,7H2,1-2H3. The molecule has 0 atom stereocenters. The Bertz CT molecular complexity index is 478. The third kappa shape index (κ3) is 1.94. The summed E-state index contributed by atoms with van der Waals surface area (Å²) in [5.41, 5.74) is 1.88. The normalized spacial score (nSPS) is 10.7. The van der Waals surface area contributed by atoms with Gasteiger partial charge in [-0.15, -0.1) is 0 Å². The zero-order valence-corrected chi connectivity index (χ0v) is 9.99. The van der Waals surface area contributed by atoms with E-state index in [4.69, 9.17) is 11.6 Å². The van der Waals surface area contributed by atoms with Crippen LogP contribution in [0.5, 0.6) is 0 Å². The number of aromatic nitrogens is 3. The van der Waals surface area contributed by atoms with Crippen LogP contribution in [0.2, 0.25) is 5.15 Å². The highest BCUT2D eigenvalue weighted by Gasteiger charge is 2.13. The summed E-state index contributed by atoms with van der Waals surface area (Å²) in [4.78, 5) is 8.40. The molecule has 0 bridgehead atoms. The van der Waals surface area contributed by atoms with Gasteiger partial charge in [-0.25, -0.2) is 4.98 Å². The number of imidazole rings is 1. The van der Waals surface area contributed by atoms with Crippen molar-refractivity contribution in [2.75, 3.05) is 7.05 Å². The minimum absolute atomic E-state index is 0.515. The molecule has 0 amide bonds. The highest BCUT2D eigenvalue weighted by molar-refractivity contribution is 6.32. The summed E-state index contributed by atoms with van der Waals surface area (Å²) in [5.74, 6) is 0.909. The van der Waals surface area contributed by atoms with Crippen molar-refractivity contribution < 1.29 is 0 Å². The fraction of sp³-hybridized carbons (Fsp3) is 0.273. The van der Waals surface area contributed by atoms with E-state index in [0.717, 1.165) is 17.1 Å². The second-order valence-corrected chi connectivity index (χ2v) is 3.86. The molecule has 0 unspecified atom stereocenters. The maximum absolute atomic E-state index is 6.13. The van der Waals surface area contributed by atoms with Gasteiger partial charge in [0.1, 0.15) is 5.82 Å². The van der Waals surface area contributed by atoms with Crippen molar-refractivity contribution in [1.29, 1.82) is 0 Å². The zero-order valence-electron chi connectivity index (χ0n) is 9.24. The molecule has 1 N–H and O–H groups in total. The van der Waals surface area contributed by atoms with Gasteiger partial charge in [-0.1, -0.05) is 11.6 Å². The predicted octanol–water partition coefficient (Wildman–Crippen LogP) is 1.85. The summed E-state index contributed by atoms with van der Waals surface area (Å²) in [5, 5.41) is 3.57. The van der Waals surface area contributed by atoms with Gasteiger partial charge in [-0.2, -0.15) is 0 Å². The van der Waals surface area contributed by atoms with Gasteiger partial charge in [0, 0.05) is 25.0 Å². The molecule has 0 saturated carbocycles. The van der Waals surface area contributed by atoms with Gasteiger partial charge < -0.3 is 9.88 Å². The van der Waals surface area contributed by atoms with E-state index in [0.29, 0.717) is 11.7 Å². The molecule has 2 rings (SSSR count). The van der Waals surface area contributed by atoms with Crippen LogP contribution in [-0.4, -0.2) is 21.6 Å². The van der Waals surface area contributed by atoms with Crippen LogP contribution in [0.4, 0.5) is 0 Å². The molecule has 0 fully saturated rings. The molecule has 4 nitrogen and oxygen atoms in total. The number of hydrogen-bond donors (Lipinski definition) is 1. The number of pyridine rings is 1. The Morgan fingerprint density at radius 2 is 2.31 bits per heavy atom. The highest BCUT2D eigenvalue weighted by atomic mass is 35.5. The first kappa shape index (κ1) is 11.1. The summed E-state index contributed by atoms with van der Waals surface area (Å²) < 4.78 is 1.98. The van der Waals surface area contributed by atoms with E-state index in [1.807, 2.05) is 30.8 Å². The van der Waals surface area contributed by atoms with Gasteiger partial charge in [0.15, 0.2) is 5.15 Å². The van der Waals surface area contributed by atoms with E-state index < -0.39 is 0 Å². The molecule has 0 aliphatic carbocycles. The van der Waals surface area contributed by atoms with Crippen LogP contribution in [0.15, 0.2) is 24.5 Å². The number of halogens is 1. The molecule has 2 heterocycles. The van der Waals surface area contributed by atoms with E-state index in [9.17, 15) is 0 Å². The second kappa shape index (κ2) is 4.63. The molecule has 0 aromatic carbocycles. The second-order valence-electron chi connectivity index (χ2n) is 3.50. The molecule has 5 heteroatoms. The molecular weight excluding hydrogens is 224 g/mol. The highest BCUT2D eigenvalue weighted by Crippen LogP contribution is 2.27. The van der Waals surface area contributed by atoms with Gasteiger partial charge in [0.2, 0.25) is 0 Å². The van der Waals surface area contributed by atoms with Gasteiger partial charge in [0.25, 0.3) is 0 Å². The van der Waals surface area contributed by atoms with Gasteiger partial charge in [-0.05, 0) is 19.2 Å². The maximum atomic E-state index is 6.13. The van der Waals surface area contributed by atoms with Crippen molar-refractivity contribution in [2.24, 2.45) is 7.05 Å². The van der Waals surface area contributed by atoms with Crippen molar-refractivity contribution in [3.8, 4) is 11.3 Å². The summed E-state index contributed by atoms with van der Waals surface area (Å²) in [6.45, 7) is 0.691. The third-order valence-corrected chi connectivity index (χ3v) is 2.68. The number of nitrogens with one attached hydrogen (secondary N) is 1. The zero-order chi connectivity index (χ0) is 11.5. The summed E-state index contributed by atoms with van der Waals surface area (Å²) in [6.07, 6.45) is 3.52. The van der Waals surface area contributed by atoms with Crippen LogP contribution in [0.3, 0.4) is 0 Å². The van der Waals surface area contributed by atoms with Crippen LogP contribution in [0.25, 0.3) is 11.3 Å². The fourth-order valence-electron chi connectivity index (χ4n) is 1.64. The van der Waals surface area contributed by atoms with Gasteiger partial charge >= 0.3 is 0 Å². The van der Waals surface area contributed by atoms with Crippen molar-refractivity contribution in [3.05, 3.63) is 35.5 Å². The van der Waals surface area contributed by atoms with Crippen LogP contribution in [0, 0.1) is 0 Å². The van der Waals surface area contributed by atoms with Gasteiger partial charge in [-0.3, -0.25) is 4.98 Å². The SMILES string of the molecule is CNCc1nc(Cl)c(-c2cccnc2)n1C.